The molecule has 0 fully saturated rings. The number of fused-ring (bicyclic) bond motifs is 2. The van der Waals surface area contributed by atoms with E-state index < -0.39 is 0 Å². The Hall–Kier alpha value is -4.06. The molecule has 0 aliphatic carbocycles. The number of nitrogens with zero attached hydrogens (tertiary/aromatic N) is 3. The van der Waals surface area contributed by atoms with Crippen molar-refractivity contribution in [3.63, 3.8) is 0 Å². The molecule has 154 valence electrons. The lowest BCUT2D eigenvalue weighted by Crippen LogP contribution is -1.98. The third-order valence-electron chi connectivity index (χ3n) is 5.34. The highest BCUT2D eigenvalue weighted by atomic mass is 16.5. The van der Waals surface area contributed by atoms with Crippen LogP contribution in [0.25, 0.3) is 38.9 Å². The average molecular weight is 411 g/mol. The second-order valence-electron chi connectivity index (χ2n) is 7.11. The van der Waals surface area contributed by atoms with Gasteiger partial charge in [0.2, 0.25) is 0 Å². The van der Waals surface area contributed by atoms with Crippen LogP contribution in [-0.2, 0) is 0 Å². The Morgan fingerprint density at radius 1 is 0.677 bits per heavy atom. The van der Waals surface area contributed by atoms with Gasteiger partial charge >= 0.3 is 0 Å². The maximum absolute atomic E-state index is 5.40. The minimum Gasteiger partial charge on any atom is -0.497 e. The highest BCUT2D eigenvalue weighted by Gasteiger charge is 2.17. The average Bonchev–Trinajstić information content (AvgIpc) is 3.20. The van der Waals surface area contributed by atoms with Crippen LogP contribution >= 0.6 is 0 Å². The zero-order valence-electron chi connectivity index (χ0n) is 17.5. The van der Waals surface area contributed by atoms with E-state index in [2.05, 4.69) is 6.07 Å². The monoisotopic (exact) mass is 411 g/mol. The van der Waals surface area contributed by atoms with Crippen molar-refractivity contribution in [2.24, 2.45) is 0 Å². The lowest BCUT2D eigenvalue weighted by Gasteiger charge is -2.06. The maximum Gasteiger partial charge on any atom is 0.164 e. The summed E-state index contributed by atoms with van der Waals surface area (Å²) < 4.78 is 17.9. The molecule has 2 heterocycles. The van der Waals surface area contributed by atoms with Crippen LogP contribution in [0.3, 0.4) is 0 Å². The molecule has 2 aromatic heterocycles. The van der Waals surface area contributed by atoms with Gasteiger partial charge in [-0.3, -0.25) is 0 Å². The first-order valence-corrected chi connectivity index (χ1v) is 9.86. The molecule has 31 heavy (non-hydrogen) atoms. The first-order valence-electron chi connectivity index (χ1n) is 9.86. The number of ether oxygens (including phenoxy) is 3. The highest BCUT2D eigenvalue weighted by molar-refractivity contribution is 5.99. The SMILES string of the molecule is COc1ccc(-c2nn(-c3ccc(OC)cc3)c3nc4ccc(OC)cc4cc23)cc1. The molecule has 0 aliphatic heterocycles. The van der Waals surface area contributed by atoms with E-state index in [1.807, 2.05) is 71.4 Å². The van der Waals surface area contributed by atoms with Crippen LogP contribution in [-0.4, -0.2) is 36.1 Å². The fraction of sp³-hybridized carbons (Fsp3) is 0.120. The fourth-order valence-corrected chi connectivity index (χ4v) is 3.67. The van der Waals surface area contributed by atoms with Crippen molar-refractivity contribution < 1.29 is 14.2 Å². The standard InChI is InChI=1S/C25H21N3O3/c1-29-19-8-4-16(5-9-19)24-22-15-17-14-21(31-3)12-13-23(17)26-25(22)28(27-24)18-6-10-20(30-2)11-7-18/h4-15H,1-3H3. The molecule has 0 saturated carbocycles. The quantitative estimate of drug-likeness (QED) is 0.394. The summed E-state index contributed by atoms with van der Waals surface area (Å²) in [4.78, 5) is 4.94. The van der Waals surface area contributed by atoms with Gasteiger partial charge in [-0.1, -0.05) is 0 Å². The Bertz CT molecular complexity index is 1370. The van der Waals surface area contributed by atoms with Crippen LogP contribution in [0.5, 0.6) is 17.2 Å². The summed E-state index contributed by atoms with van der Waals surface area (Å²) in [7, 11) is 4.98. The molecule has 5 aromatic rings. The van der Waals surface area contributed by atoms with Gasteiger partial charge in [0.15, 0.2) is 5.65 Å². The largest absolute Gasteiger partial charge is 0.497 e. The molecule has 6 nitrogen and oxygen atoms in total. The summed E-state index contributed by atoms with van der Waals surface area (Å²) >= 11 is 0. The molecule has 5 rings (SSSR count). The Kier molecular flexibility index (Phi) is 4.67. The molecular formula is C25H21N3O3. The zero-order valence-corrected chi connectivity index (χ0v) is 17.5. The van der Waals surface area contributed by atoms with Crippen molar-refractivity contribution in [1.29, 1.82) is 0 Å². The van der Waals surface area contributed by atoms with Crippen LogP contribution in [0.4, 0.5) is 0 Å². The van der Waals surface area contributed by atoms with Gasteiger partial charge < -0.3 is 14.2 Å². The minimum absolute atomic E-state index is 0.786. The van der Waals surface area contributed by atoms with Gasteiger partial charge in [-0.25, -0.2) is 9.67 Å². The summed E-state index contributed by atoms with van der Waals surface area (Å²) in [6, 6.07) is 23.7. The molecule has 6 heteroatoms. The van der Waals surface area contributed by atoms with Crippen LogP contribution in [0, 0.1) is 0 Å². The number of methoxy groups -OCH3 is 3. The summed E-state index contributed by atoms with van der Waals surface area (Å²) in [6.45, 7) is 0. The van der Waals surface area contributed by atoms with E-state index in [-0.39, 0.29) is 0 Å². The number of hydrogen-bond donors (Lipinski definition) is 0. The third kappa shape index (κ3) is 3.32. The van der Waals surface area contributed by atoms with Gasteiger partial charge in [-0.15, -0.1) is 0 Å². The molecule has 0 spiro atoms. The van der Waals surface area contributed by atoms with Crippen molar-refractivity contribution in [2.75, 3.05) is 21.3 Å². The molecule has 3 aromatic carbocycles. The molecule has 0 bridgehead atoms. The van der Waals surface area contributed by atoms with Gasteiger partial charge in [-0.2, -0.15) is 5.10 Å². The van der Waals surface area contributed by atoms with Crippen molar-refractivity contribution in [3.05, 3.63) is 72.8 Å². The Morgan fingerprint density at radius 2 is 1.29 bits per heavy atom. The molecule has 0 N–H and O–H groups in total. The smallest absolute Gasteiger partial charge is 0.164 e. The predicted octanol–water partition coefficient (Wildman–Crippen LogP) is 5.27. The predicted molar refractivity (Wildman–Crippen MR) is 121 cm³/mol. The Balaban J connectivity index is 1.77. The van der Waals surface area contributed by atoms with Gasteiger partial charge in [0.05, 0.1) is 32.5 Å². The van der Waals surface area contributed by atoms with Gasteiger partial charge in [0, 0.05) is 16.3 Å². The normalized spacial score (nSPS) is 11.1. The minimum atomic E-state index is 0.786. The number of pyridine rings is 1. The Morgan fingerprint density at radius 3 is 1.94 bits per heavy atom. The van der Waals surface area contributed by atoms with Crippen LogP contribution in [0.15, 0.2) is 72.8 Å². The lowest BCUT2D eigenvalue weighted by molar-refractivity contribution is 0.414. The summed E-state index contributed by atoms with van der Waals surface area (Å²) in [5.41, 5.74) is 4.41. The molecule has 0 aliphatic rings. The van der Waals surface area contributed by atoms with Crippen molar-refractivity contribution in [1.82, 2.24) is 14.8 Å². The van der Waals surface area contributed by atoms with Gasteiger partial charge in [0.1, 0.15) is 22.9 Å². The Labute approximate surface area is 179 Å². The van der Waals surface area contributed by atoms with Crippen molar-refractivity contribution >= 4 is 21.9 Å². The maximum atomic E-state index is 5.40. The van der Waals surface area contributed by atoms with Crippen LogP contribution in [0.2, 0.25) is 0 Å². The summed E-state index contributed by atoms with van der Waals surface area (Å²) in [5, 5.41) is 6.90. The number of aromatic nitrogens is 3. The second-order valence-corrected chi connectivity index (χ2v) is 7.11. The van der Waals surface area contributed by atoms with Crippen molar-refractivity contribution in [2.45, 2.75) is 0 Å². The van der Waals surface area contributed by atoms with Gasteiger partial charge in [-0.05, 0) is 72.8 Å². The van der Waals surface area contributed by atoms with Gasteiger partial charge in [0.25, 0.3) is 0 Å². The van der Waals surface area contributed by atoms with E-state index >= 15 is 0 Å². The van der Waals surface area contributed by atoms with E-state index in [4.69, 9.17) is 24.3 Å². The first kappa shape index (κ1) is 18.9. The molecule has 0 saturated heterocycles. The first-order chi connectivity index (χ1) is 15.2. The fourth-order valence-electron chi connectivity index (χ4n) is 3.67. The summed E-state index contributed by atoms with van der Waals surface area (Å²) in [6.07, 6.45) is 0. The number of hydrogen-bond acceptors (Lipinski definition) is 5. The molecule has 0 radical (unpaired) electrons. The van der Waals surface area contributed by atoms with E-state index in [9.17, 15) is 0 Å². The van der Waals surface area contributed by atoms with E-state index in [0.717, 1.165) is 56.1 Å². The van der Waals surface area contributed by atoms with E-state index in [1.165, 1.54) is 0 Å². The molecular weight excluding hydrogens is 390 g/mol. The third-order valence-corrected chi connectivity index (χ3v) is 5.34. The lowest BCUT2D eigenvalue weighted by atomic mass is 10.1. The molecule has 0 atom stereocenters. The van der Waals surface area contributed by atoms with Crippen LogP contribution in [0.1, 0.15) is 0 Å². The molecule has 0 unspecified atom stereocenters. The number of benzene rings is 3. The van der Waals surface area contributed by atoms with E-state index in [1.54, 1.807) is 21.3 Å². The zero-order chi connectivity index (χ0) is 21.4. The second kappa shape index (κ2) is 7.65. The van der Waals surface area contributed by atoms with E-state index in [0.29, 0.717) is 0 Å². The van der Waals surface area contributed by atoms with Crippen LogP contribution < -0.4 is 14.2 Å². The highest BCUT2D eigenvalue weighted by Crippen LogP contribution is 2.33. The topological polar surface area (TPSA) is 58.4 Å². The number of rotatable bonds is 5. The molecule has 0 amide bonds. The summed E-state index contributed by atoms with van der Waals surface area (Å²) in [5.74, 6) is 2.39. The van der Waals surface area contributed by atoms with Crippen molar-refractivity contribution in [3.8, 4) is 34.2 Å².